The van der Waals surface area contributed by atoms with Crippen LogP contribution in [0.2, 0.25) is 0 Å². The molecule has 9 nitrogen and oxygen atoms in total. The molecule has 4 fully saturated rings. The van der Waals surface area contributed by atoms with E-state index in [1.54, 1.807) is 0 Å². The van der Waals surface area contributed by atoms with Crippen LogP contribution in [-0.2, 0) is 19.4 Å². The summed E-state index contributed by atoms with van der Waals surface area (Å²) in [6.45, 7) is 2.87. The molecule has 0 aromatic heterocycles. The molecule has 3 aliphatic heterocycles. The number of carbonyl (C=O) groups excluding carboxylic acids is 3. The molecule has 0 radical (unpaired) electrons. The molecular formula is C19H30N4O5S. The maximum Gasteiger partial charge on any atom is 0.325 e. The van der Waals surface area contributed by atoms with Gasteiger partial charge in [-0.2, -0.15) is 0 Å². The van der Waals surface area contributed by atoms with E-state index in [9.17, 15) is 22.8 Å². The van der Waals surface area contributed by atoms with E-state index < -0.39 is 15.4 Å². The van der Waals surface area contributed by atoms with Gasteiger partial charge in [-0.15, -0.1) is 0 Å². The SMILES string of the molecule is O=C(CCCN1C(=O)NC2(CCCC2)C1=O)N1CCN(C2CCS(=O)(=O)C2)CC1. The number of imide groups is 1. The average Bonchev–Trinajstić information content (AvgIpc) is 3.36. The van der Waals surface area contributed by atoms with Crippen molar-refractivity contribution in [2.24, 2.45) is 0 Å². The largest absolute Gasteiger partial charge is 0.340 e. The van der Waals surface area contributed by atoms with Gasteiger partial charge in [-0.1, -0.05) is 12.8 Å². The Hall–Kier alpha value is -1.68. The molecule has 4 amide bonds. The molecule has 0 aromatic carbocycles. The first-order valence-corrected chi connectivity index (χ1v) is 12.5. The number of amides is 4. The summed E-state index contributed by atoms with van der Waals surface area (Å²) < 4.78 is 23.3. The molecule has 162 valence electrons. The molecule has 1 N–H and O–H groups in total. The Bertz CT molecular complexity index is 784. The van der Waals surface area contributed by atoms with Crippen molar-refractivity contribution in [3.63, 3.8) is 0 Å². The summed E-state index contributed by atoms with van der Waals surface area (Å²) in [7, 11) is -2.90. The van der Waals surface area contributed by atoms with Crippen LogP contribution in [0.5, 0.6) is 0 Å². The van der Waals surface area contributed by atoms with Crippen molar-refractivity contribution >= 4 is 27.7 Å². The zero-order valence-corrected chi connectivity index (χ0v) is 17.6. The zero-order valence-electron chi connectivity index (χ0n) is 16.8. The first-order chi connectivity index (χ1) is 13.8. The topological polar surface area (TPSA) is 107 Å². The minimum atomic E-state index is -2.90. The molecule has 0 bridgehead atoms. The van der Waals surface area contributed by atoms with E-state index in [4.69, 9.17) is 0 Å². The molecule has 1 aliphatic carbocycles. The van der Waals surface area contributed by atoms with Gasteiger partial charge in [0.2, 0.25) is 5.91 Å². The number of nitrogens with zero attached hydrogens (tertiary/aromatic N) is 3. The standard InChI is InChI=1S/C19H30N4O5S/c24-16(22-11-9-21(10-12-22)15-5-13-29(27,28)14-15)4-3-8-23-17(25)19(20-18(23)26)6-1-2-7-19/h15H,1-14H2,(H,20,26). The van der Waals surface area contributed by atoms with E-state index in [1.165, 1.54) is 4.90 Å². The van der Waals surface area contributed by atoms with Crippen LogP contribution < -0.4 is 5.32 Å². The molecule has 1 spiro atoms. The lowest BCUT2D eigenvalue weighted by Crippen LogP contribution is -2.52. The highest BCUT2D eigenvalue weighted by molar-refractivity contribution is 7.91. The van der Waals surface area contributed by atoms with Crippen molar-refractivity contribution in [1.29, 1.82) is 0 Å². The molecule has 1 saturated carbocycles. The first-order valence-electron chi connectivity index (χ1n) is 10.7. The number of rotatable bonds is 5. The lowest BCUT2D eigenvalue weighted by Gasteiger charge is -2.37. The summed E-state index contributed by atoms with van der Waals surface area (Å²) in [5, 5.41) is 2.86. The zero-order chi connectivity index (χ0) is 20.6. The Kier molecular flexibility index (Phi) is 5.58. The fourth-order valence-electron chi connectivity index (χ4n) is 5.14. The molecular weight excluding hydrogens is 396 g/mol. The second kappa shape index (κ2) is 7.86. The predicted octanol–water partition coefficient (Wildman–Crippen LogP) is -0.0375. The van der Waals surface area contributed by atoms with Gasteiger partial charge in [0.05, 0.1) is 11.5 Å². The number of hydrogen-bond acceptors (Lipinski definition) is 6. The Morgan fingerprint density at radius 3 is 2.41 bits per heavy atom. The van der Waals surface area contributed by atoms with Crippen LogP contribution in [0, 0.1) is 0 Å². The van der Waals surface area contributed by atoms with Gasteiger partial charge in [0.15, 0.2) is 9.84 Å². The highest BCUT2D eigenvalue weighted by Gasteiger charge is 2.52. The van der Waals surface area contributed by atoms with Gasteiger partial charge in [0.1, 0.15) is 5.54 Å². The number of carbonyl (C=O) groups is 3. The van der Waals surface area contributed by atoms with Crippen LogP contribution in [0.4, 0.5) is 4.79 Å². The fourth-order valence-corrected chi connectivity index (χ4v) is 6.90. The number of nitrogens with one attached hydrogen (secondary N) is 1. The van der Waals surface area contributed by atoms with E-state index in [2.05, 4.69) is 10.2 Å². The van der Waals surface area contributed by atoms with E-state index in [1.807, 2.05) is 4.90 Å². The van der Waals surface area contributed by atoms with Crippen molar-refractivity contribution in [2.45, 2.75) is 56.5 Å². The van der Waals surface area contributed by atoms with Crippen LogP contribution in [0.3, 0.4) is 0 Å². The van der Waals surface area contributed by atoms with Gasteiger partial charge in [-0.25, -0.2) is 13.2 Å². The van der Waals surface area contributed by atoms with Gasteiger partial charge in [-0.3, -0.25) is 19.4 Å². The van der Waals surface area contributed by atoms with Crippen LogP contribution in [0.15, 0.2) is 0 Å². The molecule has 10 heteroatoms. The molecule has 0 aromatic rings. The van der Waals surface area contributed by atoms with Crippen molar-refractivity contribution in [1.82, 2.24) is 20.0 Å². The molecule has 4 rings (SSSR count). The second-order valence-corrected chi connectivity index (χ2v) is 11.0. The van der Waals surface area contributed by atoms with E-state index in [0.717, 1.165) is 12.8 Å². The Balaban J connectivity index is 1.20. The van der Waals surface area contributed by atoms with Gasteiger partial charge in [0, 0.05) is 45.2 Å². The summed E-state index contributed by atoms with van der Waals surface area (Å²) >= 11 is 0. The third-order valence-corrected chi connectivity index (χ3v) is 8.62. The molecule has 1 atom stereocenters. The maximum absolute atomic E-state index is 12.6. The summed E-state index contributed by atoms with van der Waals surface area (Å²) in [6.07, 6.45) is 4.79. The molecule has 3 heterocycles. The van der Waals surface area contributed by atoms with Crippen LogP contribution in [0.1, 0.15) is 44.9 Å². The van der Waals surface area contributed by atoms with Gasteiger partial charge in [0.25, 0.3) is 5.91 Å². The van der Waals surface area contributed by atoms with Crippen molar-refractivity contribution < 1.29 is 22.8 Å². The Morgan fingerprint density at radius 2 is 1.79 bits per heavy atom. The minimum absolute atomic E-state index is 0.0336. The molecule has 1 unspecified atom stereocenters. The maximum atomic E-state index is 12.6. The summed E-state index contributed by atoms with van der Waals surface area (Å²) in [4.78, 5) is 42.6. The average molecular weight is 427 g/mol. The highest BCUT2D eigenvalue weighted by atomic mass is 32.2. The minimum Gasteiger partial charge on any atom is -0.340 e. The van der Waals surface area contributed by atoms with Gasteiger partial charge >= 0.3 is 6.03 Å². The van der Waals surface area contributed by atoms with Crippen molar-refractivity contribution in [3.05, 3.63) is 0 Å². The van der Waals surface area contributed by atoms with Crippen molar-refractivity contribution in [2.75, 3.05) is 44.2 Å². The molecule has 29 heavy (non-hydrogen) atoms. The smallest absolute Gasteiger partial charge is 0.325 e. The van der Waals surface area contributed by atoms with Gasteiger partial charge < -0.3 is 10.2 Å². The highest BCUT2D eigenvalue weighted by Crippen LogP contribution is 2.35. The number of hydrogen-bond donors (Lipinski definition) is 1. The van der Waals surface area contributed by atoms with Gasteiger partial charge in [-0.05, 0) is 25.7 Å². The quantitative estimate of drug-likeness (QED) is 0.619. The summed E-state index contributed by atoms with van der Waals surface area (Å²) in [6, 6.07) is -0.246. The van der Waals surface area contributed by atoms with E-state index in [0.29, 0.717) is 58.3 Å². The van der Waals surface area contributed by atoms with E-state index in [-0.39, 0.29) is 41.9 Å². The van der Waals surface area contributed by atoms with E-state index >= 15 is 0 Å². The Morgan fingerprint density at radius 1 is 1.10 bits per heavy atom. The van der Waals surface area contributed by atoms with Crippen LogP contribution in [-0.4, -0.2) is 96.8 Å². The normalized spacial score (nSPS) is 29.0. The first kappa shape index (κ1) is 20.6. The number of urea groups is 1. The third-order valence-electron chi connectivity index (χ3n) is 6.87. The van der Waals surface area contributed by atoms with Crippen LogP contribution >= 0.6 is 0 Å². The Labute approximate surface area is 171 Å². The summed E-state index contributed by atoms with van der Waals surface area (Å²) in [5.74, 6) is 0.397. The second-order valence-electron chi connectivity index (χ2n) is 8.75. The molecule has 3 saturated heterocycles. The fraction of sp³-hybridized carbons (Fsp3) is 0.842. The third kappa shape index (κ3) is 4.14. The van der Waals surface area contributed by atoms with Crippen molar-refractivity contribution in [3.8, 4) is 0 Å². The number of sulfone groups is 1. The molecule has 4 aliphatic rings. The summed E-state index contributed by atoms with van der Waals surface area (Å²) in [5.41, 5.74) is -0.689. The lowest BCUT2D eigenvalue weighted by molar-refractivity contribution is -0.134. The lowest BCUT2D eigenvalue weighted by atomic mass is 9.98. The monoisotopic (exact) mass is 426 g/mol. The predicted molar refractivity (Wildman–Crippen MR) is 106 cm³/mol. The number of piperazine rings is 1. The van der Waals surface area contributed by atoms with Crippen LogP contribution in [0.25, 0.3) is 0 Å².